The number of aryl methyl sites for hydroxylation is 1. The molecule has 3 aliphatic rings. The van der Waals surface area contributed by atoms with Gasteiger partial charge in [-0.3, -0.25) is 4.79 Å². The van der Waals surface area contributed by atoms with E-state index in [0.717, 1.165) is 38.5 Å². The van der Waals surface area contributed by atoms with Crippen LogP contribution in [0.3, 0.4) is 0 Å². The molecule has 0 bridgehead atoms. The van der Waals surface area contributed by atoms with Gasteiger partial charge in [0.2, 0.25) is 0 Å². The lowest BCUT2D eigenvalue weighted by molar-refractivity contribution is -0.433. The van der Waals surface area contributed by atoms with Crippen molar-refractivity contribution >= 4 is 18.1 Å². The number of Topliss-reactive ketones (excluding diaryl/α,β-unsaturated/α-hetero) is 1. The summed E-state index contributed by atoms with van der Waals surface area (Å²) in [5.41, 5.74) is 2.68. The Morgan fingerprint density at radius 3 is 2.96 bits per heavy atom. The highest BCUT2D eigenvalue weighted by atomic mass is 32.2. The first-order valence-electron chi connectivity index (χ1n) is 8.61. The van der Waals surface area contributed by atoms with Crippen LogP contribution in [0.15, 0.2) is 18.2 Å². The van der Waals surface area contributed by atoms with Gasteiger partial charge in [-0.25, -0.2) is 5.26 Å². The topological polar surface area (TPSA) is 65.0 Å². The average molecular weight is 350 g/mol. The van der Waals surface area contributed by atoms with Gasteiger partial charge in [0.15, 0.2) is 0 Å². The number of fused-ring (bicyclic) bond motifs is 5. The molecule has 0 aromatic heterocycles. The summed E-state index contributed by atoms with van der Waals surface area (Å²) in [7, 11) is 0. The van der Waals surface area contributed by atoms with Crippen LogP contribution in [0.2, 0.25) is 0 Å². The molecule has 2 saturated carbocycles. The average Bonchev–Trinajstić information content (AvgIpc) is 2.90. The van der Waals surface area contributed by atoms with Crippen molar-refractivity contribution in [1.29, 1.82) is 0 Å². The third kappa shape index (κ3) is 2.56. The van der Waals surface area contributed by atoms with Gasteiger partial charge in [-0.15, -0.1) is 0 Å². The molecule has 0 heterocycles. The SMILES string of the molecule is C[C@]12CCC3c4ccc(OSOOO)cc4CCC3C1CCC2=O. The van der Waals surface area contributed by atoms with Crippen molar-refractivity contribution in [2.24, 2.45) is 17.3 Å². The summed E-state index contributed by atoms with van der Waals surface area (Å²) in [6.07, 6.45) is 6.14. The van der Waals surface area contributed by atoms with E-state index in [1.54, 1.807) is 0 Å². The predicted molar refractivity (Wildman–Crippen MR) is 89.1 cm³/mol. The summed E-state index contributed by atoms with van der Waals surface area (Å²) in [5, 5.41) is 11.6. The van der Waals surface area contributed by atoms with Gasteiger partial charge in [0, 0.05) is 11.8 Å². The molecule has 4 rings (SSSR count). The van der Waals surface area contributed by atoms with Crippen LogP contribution in [-0.4, -0.2) is 11.0 Å². The van der Waals surface area contributed by atoms with E-state index in [9.17, 15) is 4.79 Å². The van der Waals surface area contributed by atoms with E-state index in [1.807, 2.05) is 12.1 Å². The zero-order chi connectivity index (χ0) is 16.7. The fourth-order valence-electron chi connectivity index (χ4n) is 5.45. The van der Waals surface area contributed by atoms with Gasteiger partial charge in [0.05, 0.1) is 0 Å². The molecular formula is C18H22O5S. The molecule has 1 aromatic rings. The molecule has 6 heteroatoms. The van der Waals surface area contributed by atoms with Crippen molar-refractivity contribution in [1.82, 2.24) is 0 Å². The first-order chi connectivity index (χ1) is 11.6. The second kappa shape index (κ2) is 6.33. The molecule has 3 aliphatic carbocycles. The van der Waals surface area contributed by atoms with Crippen molar-refractivity contribution in [2.45, 2.75) is 51.4 Å². The van der Waals surface area contributed by atoms with E-state index in [1.165, 1.54) is 11.1 Å². The minimum absolute atomic E-state index is 0.0694. The largest absolute Gasteiger partial charge is 0.399 e. The smallest absolute Gasteiger partial charge is 0.261 e. The van der Waals surface area contributed by atoms with Crippen LogP contribution in [-0.2, 0) is 20.6 Å². The molecular weight excluding hydrogens is 328 g/mol. The maximum atomic E-state index is 12.4. The summed E-state index contributed by atoms with van der Waals surface area (Å²) in [4.78, 5) is 12.4. The van der Waals surface area contributed by atoms with Crippen LogP contribution in [0, 0.1) is 17.3 Å². The summed E-state index contributed by atoms with van der Waals surface area (Å²) < 4.78 is 9.57. The zero-order valence-electron chi connectivity index (χ0n) is 13.7. The summed E-state index contributed by atoms with van der Waals surface area (Å²) in [5.74, 6) is 2.93. The minimum atomic E-state index is -0.0694. The molecule has 0 radical (unpaired) electrons. The Kier molecular flexibility index (Phi) is 4.33. The number of ketones is 1. The predicted octanol–water partition coefficient (Wildman–Crippen LogP) is 4.48. The van der Waals surface area contributed by atoms with Crippen LogP contribution in [0.5, 0.6) is 5.75 Å². The van der Waals surface area contributed by atoms with Crippen LogP contribution in [0.4, 0.5) is 0 Å². The fourth-order valence-corrected chi connectivity index (χ4v) is 5.68. The number of carbonyl (C=O) groups excluding carboxylic acids is 1. The van der Waals surface area contributed by atoms with Crippen molar-refractivity contribution in [3.8, 4) is 5.75 Å². The van der Waals surface area contributed by atoms with Gasteiger partial charge in [0.25, 0.3) is 12.3 Å². The van der Waals surface area contributed by atoms with Gasteiger partial charge < -0.3 is 4.18 Å². The quantitative estimate of drug-likeness (QED) is 0.374. The van der Waals surface area contributed by atoms with E-state index < -0.39 is 0 Å². The second-order valence-corrected chi connectivity index (χ2v) is 7.93. The third-order valence-corrected chi connectivity index (χ3v) is 6.97. The Balaban J connectivity index is 1.56. The van der Waals surface area contributed by atoms with Crippen molar-refractivity contribution in [3.63, 3.8) is 0 Å². The molecule has 1 aromatic carbocycles. The monoisotopic (exact) mass is 350 g/mol. The molecule has 0 aliphatic heterocycles. The van der Waals surface area contributed by atoms with E-state index in [2.05, 4.69) is 22.4 Å². The molecule has 3 unspecified atom stereocenters. The number of hydrogen-bond donors (Lipinski definition) is 1. The lowest BCUT2D eigenvalue weighted by atomic mass is 9.55. The molecule has 0 amide bonds. The normalized spacial score (nSPS) is 34.4. The Labute approximate surface area is 145 Å². The molecule has 2 fully saturated rings. The summed E-state index contributed by atoms with van der Waals surface area (Å²) in [6.45, 7) is 2.20. The Hall–Kier alpha value is -1.08. The third-order valence-electron chi connectivity index (χ3n) is 6.60. The molecule has 130 valence electrons. The van der Waals surface area contributed by atoms with Crippen LogP contribution in [0.1, 0.15) is 56.1 Å². The number of rotatable bonds is 4. The first kappa shape index (κ1) is 16.4. The fraction of sp³-hybridized carbons (Fsp3) is 0.611. The van der Waals surface area contributed by atoms with E-state index in [4.69, 9.17) is 9.44 Å². The number of hydrogen-bond acceptors (Lipinski definition) is 6. The van der Waals surface area contributed by atoms with Crippen molar-refractivity contribution in [2.75, 3.05) is 0 Å². The Bertz CT molecular complexity index is 648. The number of carbonyl (C=O) groups is 1. The molecule has 0 saturated heterocycles. The van der Waals surface area contributed by atoms with Gasteiger partial charge in [-0.1, -0.05) is 22.4 Å². The Morgan fingerprint density at radius 2 is 2.12 bits per heavy atom. The Morgan fingerprint density at radius 1 is 1.25 bits per heavy atom. The number of benzene rings is 1. The van der Waals surface area contributed by atoms with Gasteiger partial charge in [-0.05, 0) is 73.1 Å². The summed E-state index contributed by atoms with van der Waals surface area (Å²) >= 11 is 0.582. The maximum Gasteiger partial charge on any atom is 0.261 e. The highest BCUT2D eigenvalue weighted by Crippen LogP contribution is 2.59. The molecule has 4 atom stereocenters. The maximum absolute atomic E-state index is 12.4. The minimum Gasteiger partial charge on any atom is -0.399 e. The highest BCUT2D eigenvalue weighted by molar-refractivity contribution is 7.90. The van der Waals surface area contributed by atoms with Gasteiger partial charge in [0.1, 0.15) is 11.5 Å². The van der Waals surface area contributed by atoms with E-state index in [-0.39, 0.29) is 5.41 Å². The summed E-state index contributed by atoms with van der Waals surface area (Å²) in [6, 6.07) is 6.14. The zero-order valence-corrected chi connectivity index (χ0v) is 14.5. The lowest BCUT2D eigenvalue weighted by Crippen LogP contribution is -2.42. The first-order valence-corrected chi connectivity index (χ1v) is 9.27. The van der Waals surface area contributed by atoms with Crippen LogP contribution >= 0.6 is 12.3 Å². The van der Waals surface area contributed by atoms with Crippen molar-refractivity contribution in [3.05, 3.63) is 29.3 Å². The lowest BCUT2D eigenvalue weighted by Gasteiger charge is -2.48. The molecule has 0 spiro atoms. The van der Waals surface area contributed by atoms with E-state index >= 15 is 0 Å². The standard InChI is InChI=1S/C18H22O5S/c1-18-9-8-14-13-5-3-12(21-24-23-22-20)10-11(13)2-4-15(14)16(18)6-7-17(18)19/h3,5,10,14-16,20H,2,4,6-9H2,1H3/t14?,15?,16?,18-/m0/s1. The van der Waals surface area contributed by atoms with Crippen LogP contribution in [0.25, 0.3) is 0 Å². The van der Waals surface area contributed by atoms with Gasteiger partial charge in [-0.2, -0.15) is 0 Å². The molecule has 1 N–H and O–H groups in total. The van der Waals surface area contributed by atoms with Crippen molar-refractivity contribution < 1.29 is 23.6 Å². The van der Waals surface area contributed by atoms with E-state index in [0.29, 0.717) is 41.6 Å². The second-order valence-electron chi connectivity index (χ2n) is 7.49. The molecule has 24 heavy (non-hydrogen) atoms. The highest BCUT2D eigenvalue weighted by Gasteiger charge is 2.54. The molecule has 5 nitrogen and oxygen atoms in total. The van der Waals surface area contributed by atoms with Crippen LogP contribution < -0.4 is 4.18 Å². The van der Waals surface area contributed by atoms with Gasteiger partial charge >= 0.3 is 0 Å².